The molecule has 4 rings (SSSR count). The predicted octanol–water partition coefficient (Wildman–Crippen LogP) is 7.63. The van der Waals surface area contributed by atoms with Gasteiger partial charge in [0.15, 0.2) is 5.78 Å². The van der Waals surface area contributed by atoms with Crippen molar-refractivity contribution in [2.75, 3.05) is 11.9 Å². The lowest BCUT2D eigenvalue weighted by atomic mass is 10.0. The Balaban J connectivity index is 1.70. The maximum atomic E-state index is 14.0. The molecule has 212 valence electrons. The van der Waals surface area contributed by atoms with Gasteiger partial charge in [-0.15, -0.1) is 0 Å². The van der Waals surface area contributed by atoms with Crippen molar-refractivity contribution >= 4 is 62.2 Å². The highest BCUT2D eigenvalue weighted by Crippen LogP contribution is 2.29. The molecule has 0 unspecified atom stereocenters. The average molecular weight is 630 g/mol. The van der Waals surface area contributed by atoms with Crippen LogP contribution in [0.5, 0.6) is 0 Å². The number of amides is 1. The number of benzene rings is 4. The summed E-state index contributed by atoms with van der Waals surface area (Å²) < 4.78 is 29.2. The molecule has 6 nitrogen and oxygen atoms in total. The number of hydrogen-bond donors (Lipinski definition) is 1. The Bertz CT molecular complexity index is 1720. The molecule has 4 aromatic rings. The number of carbonyl (C=O) groups excluding carboxylic acids is 2. The predicted molar refractivity (Wildman–Crippen MR) is 165 cm³/mol. The molecular formula is C31H27Cl3N2O4S. The SMILES string of the molecule is Cc1cc(C)c(S(=O)(=O)N(CC(=O)Nc2ccc(Cl)cc2C(=O)c2ccccc2)Cc2ccc(Cl)c(Cl)c2)c(C)c1. The first kappa shape index (κ1) is 30.8. The summed E-state index contributed by atoms with van der Waals surface area (Å²) >= 11 is 18.4. The minimum absolute atomic E-state index is 0.127. The largest absolute Gasteiger partial charge is 0.324 e. The first-order valence-electron chi connectivity index (χ1n) is 12.6. The topological polar surface area (TPSA) is 83.6 Å². The third-order valence-electron chi connectivity index (χ3n) is 6.40. The zero-order valence-electron chi connectivity index (χ0n) is 22.5. The van der Waals surface area contributed by atoms with Gasteiger partial charge in [0.1, 0.15) is 0 Å². The Labute approximate surface area is 254 Å². The van der Waals surface area contributed by atoms with Crippen LogP contribution < -0.4 is 5.32 Å². The van der Waals surface area contributed by atoms with Crippen molar-refractivity contribution < 1.29 is 18.0 Å². The fourth-order valence-electron chi connectivity index (χ4n) is 4.68. The van der Waals surface area contributed by atoms with Crippen molar-refractivity contribution in [3.63, 3.8) is 0 Å². The van der Waals surface area contributed by atoms with Gasteiger partial charge >= 0.3 is 0 Å². The minimum atomic E-state index is -4.16. The molecule has 0 spiro atoms. The summed E-state index contributed by atoms with van der Waals surface area (Å²) in [6.45, 7) is 4.66. The normalized spacial score (nSPS) is 11.5. The van der Waals surface area contributed by atoms with E-state index in [1.54, 1.807) is 80.6 Å². The number of anilines is 1. The second kappa shape index (κ2) is 12.8. The van der Waals surface area contributed by atoms with Crippen LogP contribution in [0.15, 0.2) is 83.8 Å². The molecule has 41 heavy (non-hydrogen) atoms. The van der Waals surface area contributed by atoms with E-state index in [1.165, 1.54) is 12.1 Å². The van der Waals surface area contributed by atoms with Crippen LogP contribution in [-0.2, 0) is 21.4 Å². The number of sulfonamides is 1. The highest BCUT2D eigenvalue weighted by Gasteiger charge is 2.30. The van der Waals surface area contributed by atoms with Gasteiger partial charge in [-0.05, 0) is 67.8 Å². The second-order valence-corrected chi connectivity index (χ2v) is 12.8. The van der Waals surface area contributed by atoms with Crippen LogP contribution >= 0.6 is 34.8 Å². The third kappa shape index (κ3) is 7.18. The quantitative estimate of drug-likeness (QED) is 0.193. The van der Waals surface area contributed by atoms with E-state index in [2.05, 4.69) is 5.32 Å². The van der Waals surface area contributed by atoms with Gasteiger partial charge < -0.3 is 5.32 Å². The van der Waals surface area contributed by atoms with Crippen molar-refractivity contribution in [3.8, 4) is 0 Å². The molecule has 0 aliphatic rings. The Hall–Kier alpha value is -3.20. The number of nitrogens with one attached hydrogen (secondary N) is 1. The molecule has 0 saturated carbocycles. The number of nitrogens with zero attached hydrogens (tertiary/aromatic N) is 1. The molecule has 0 radical (unpaired) electrons. The van der Waals surface area contributed by atoms with Gasteiger partial charge in [0.25, 0.3) is 0 Å². The number of rotatable bonds is 9. The molecule has 4 aromatic carbocycles. The van der Waals surface area contributed by atoms with E-state index in [-0.39, 0.29) is 33.5 Å². The number of aryl methyl sites for hydroxylation is 3. The first-order valence-corrected chi connectivity index (χ1v) is 15.2. The van der Waals surface area contributed by atoms with E-state index < -0.39 is 22.5 Å². The Morgan fingerprint density at radius 1 is 0.805 bits per heavy atom. The van der Waals surface area contributed by atoms with Gasteiger partial charge in [0.05, 0.1) is 27.2 Å². The van der Waals surface area contributed by atoms with Crippen LogP contribution in [0.3, 0.4) is 0 Å². The zero-order chi connectivity index (χ0) is 29.9. The standard InChI is InChI=1S/C31H27Cl3N2O4S/c1-19-13-20(2)31(21(3)14-19)41(39,40)36(17-22-9-11-26(33)27(34)15-22)18-29(37)35-28-12-10-24(32)16-25(28)30(38)23-7-5-4-6-8-23/h4-16H,17-18H2,1-3H3,(H,35,37). The first-order chi connectivity index (χ1) is 19.4. The molecule has 0 heterocycles. The Kier molecular flexibility index (Phi) is 9.57. The lowest BCUT2D eigenvalue weighted by Crippen LogP contribution is -2.38. The van der Waals surface area contributed by atoms with Crippen molar-refractivity contribution in [1.29, 1.82) is 0 Å². The van der Waals surface area contributed by atoms with Crippen LogP contribution in [0.1, 0.15) is 38.2 Å². The average Bonchev–Trinajstić information content (AvgIpc) is 2.90. The van der Waals surface area contributed by atoms with E-state index in [4.69, 9.17) is 34.8 Å². The monoisotopic (exact) mass is 628 g/mol. The lowest BCUT2D eigenvalue weighted by Gasteiger charge is -2.24. The van der Waals surface area contributed by atoms with Gasteiger partial charge in [0, 0.05) is 22.7 Å². The molecule has 0 atom stereocenters. The molecule has 1 amide bonds. The van der Waals surface area contributed by atoms with Gasteiger partial charge in [-0.2, -0.15) is 4.31 Å². The van der Waals surface area contributed by atoms with Gasteiger partial charge in [-0.1, -0.05) is 88.9 Å². The van der Waals surface area contributed by atoms with E-state index in [9.17, 15) is 18.0 Å². The summed E-state index contributed by atoms with van der Waals surface area (Å²) in [4.78, 5) is 26.8. The summed E-state index contributed by atoms with van der Waals surface area (Å²) in [6, 6.07) is 21.5. The number of halogens is 3. The molecule has 0 aliphatic carbocycles. The smallest absolute Gasteiger partial charge is 0.244 e. The van der Waals surface area contributed by atoms with Crippen molar-refractivity contribution in [3.05, 3.63) is 127 Å². The highest BCUT2D eigenvalue weighted by molar-refractivity contribution is 7.89. The highest BCUT2D eigenvalue weighted by atomic mass is 35.5. The van der Waals surface area contributed by atoms with Crippen molar-refractivity contribution in [1.82, 2.24) is 4.31 Å². The maximum Gasteiger partial charge on any atom is 0.244 e. The fraction of sp³-hybridized carbons (Fsp3) is 0.161. The number of hydrogen-bond acceptors (Lipinski definition) is 4. The molecule has 0 aromatic heterocycles. The third-order valence-corrected chi connectivity index (χ3v) is 9.47. The van der Waals surface area contributed by atoms with E-state index in [0.717, 1.165) is 9.87 Å². The molecule has 0 saturated heterocycles. The summed E-state index contributed by atoms with van der Waals surface area (Å²) in [5.74, 6) is -0.977. The molecule has 0 bridgehead atoms. The van der Waals surface area contributed by atoms with Crippen LogP contribution in [0.25, 0.3) is 0 Å². The van der Waals surface area contributed by atoms with Crippen LogP contribution in [-0.4, -0.2) is 31.0 Å². The summed E-state index contributed by atoms with van der Waals surface area (Å²) in [7, 11) is -4.16. The van der Waals surface area contributed by atoms with E-state index >= 15 is 0 Å². The summed E-state index contributed by atoms with van der Waals surface area (Å²) in [5.41, 5.74) is 3.41. The molecular weight excluding hydrogens is 603 g/mol. The molecule has 10 heteroatoms. The Morgan fingerprint density at radius 3 is 2.10 bits per heavy atom. The Morgan fingerprint density at radius 2 is 1.46 bits per heavy atom. The zero-order valence-corrected chi connectivity index (χ0v) is 25.6. The van der Waals surface area contributed by atoms with Crippen molar-refractivity contribution in [2.24, 2.45) is 0 Å². The van der Waals surface area contributed by atoms with Gasteiger partial charge in [-0.25, -0.2) is 8.42 Å². The molecule has 0 fully saturated rings. The van der Waals surface area contributed by atoms with E-state index in [1.807, 2.05) is 6.92 Å². The number of ketones is 1. The van der Waals surface area contributed by atoms with Crippen LogP contribution in [0.2, 0.25) is 15.1 Å². The molecule has 1 N–H and O–H groups in total. The van der Waals surface area contributed by atoms with Gasteiger partial charge in [-0.3, -0.25) is 9.59 Å². The maximum absolute atomic E-state index is 14.0. The molecule has 0 aliphatic heterocycles. The summed E-state index contributed by atoms with van der Waals surface area (Å²) in [6.07, 6.45) is 0. The van der Waals surface area contributed by atoms with E-state index in [0.29, 0.717) is 32.3 Å². The van der Waals surface area contributed by atoms with Gasteiger partial charge in [0.2, 0.25) is 15.9 Å². The van der Waals surface area contributed by atoms with Crippen LogP contribution in [0, 0.1) is 20.8 Å². The summed E-state index contributed by atoms with van der Waals surface area (Å²) in [5, 5.41) is 3.62. The lowest BCUT2D eigenvalue weighted by molar-refractivity contribution is -0.116. The fourth-order valence-corrected chi connectivity index (χ4v) is 6.97. The van der Waals surface area contributed by atoms with Crippen molar-refractivity contribution in [2.45, 2.75) is 32.2 Å². The minimum Gasteiger partial charge on any atom is -0.324 e. The second-order valence-electron chi connectivity index (χ2n) is 9.68. The number of carbonyl (C=O) groups is 2. The van der Waals surface area contributed by atoms with Crippen LogP contribution in [0.4, 0.5) is 5.69 Å².